The Morgan fingerprint density at radius 1 is 0.929 bits per heavy atom. The summed E-state index contributed by atoms with van der Waals surface area (Å²) in [6.07, 6.45) is 0.422. The van der Waals surface area contributed by atoms with Crippen LogP contribution < -0.4 is 10.6 Å². The Kier molecular flexibility index (Phi) is 7.56. The zero-order chi connectivity index (χ0) is 20.5. The fraction of sp³-hybridized carbons (Fsp3) is 0.286. The summed E-state index contributed by atoms with van der Waals surface area (Å²) >= 11 is 0. The summed E-state index contributed by atoms with van der Waals surface area (Å²) in [6, 6.07) is 13.4. The Balaban J connectivity index is 2.02. The summed E-state index contributed by atoms with van der Waals surface area (Å²) < 4.78 is 0. The van der Waals surface area contributed by atoms with Gasteiger partial charge in [-0.25, -0.2) is 4.79 Å². The van der Waals surface area contributed by atoms with E-state index in [0.29, 0.717) is 36.4 Å². The van der Waals surface area contributed by atoms with Crippen LogP contribution in [-0.4, -0.2) is 41.0 Å². The molecule has 0 unspecified atom stereocenters. The number of amides is 3. The van der Waals surface area contributed by atoms with E-state index in [0.717, 1.165) is 5.56 Å². The number of carbonyl (C=O) groups is 3. The van der Waals surface area contributed by atoms with Gasteiger partial charge in [0.1, 0.15) is 0 Å². The van der Waals surface area contributed by atoms with Gasteiger partial charge in [0, 0.05) is 36.4 Å². The molecule has 0 aromatic heterocycles. The monoisotopic (exact) mass is 383 g/mol. The van der Waals surface area contributed by atoms with Crippen LogP contribution in [-0.2, 0) is 11.2 Å². The maximum atomic E-state index is 12.4. The fourth-order valence-corrected chi connectivity index (χ4v) is 2.77. The lowest BCUT2D eigenvalue weighted by molar-refractivity contribution is -0.136. The summed E-state index contributed by atoms with van der Waals surface area (Å²) in [5.41, 5.74) is 2.41. The van der Waals surface area contributed by atoms with Crippen LogP contribution in [0.5, 0.6) is 0 Å². The highest BCUT2D eigenvalue weighted by atomic mass is 16.4. The topological polar surface area (TPSA) is 98.7 Å². The number of hydrogen-bond donors (Lipinski definition) is 3. The van der Waals surface area contributed by atoms with Crippen molar-refractivity contribution in [1.29, 1.82) is 0 Å². The molecule has 0 spiro atoms. The molecule has 28 heavy (non-hydrogen) atoms. The van der Waals surface area contributed by atoms with Crippen LogP contribution in [0.25, 0.3) is 0 Å². The highest BCUT2D eigenvalue weighted by molar-refractivity contribution is 6.01. The molecule has 148 valence electrons. The molecule has 0 aliphatic rings. The summed E-state index contributed by atoms with van der Waals surface area (Å²) in [7, 11) is 0. The quantitative estimate of drug-likeness (QED) is 0.645. The molecule has 0 saturated heterocycles. The van der Waals surface area contributed by atoms with E-state index in [2.05, 4.69) is 10.6 Å². The third-order valence-corrected chi connectivity index (χ3v) is 4.23. The van der Waals surface area contributed by atoms with Gasteiger partial charge in [0.15, 0.2) is 0 Å². The Hall–Kier alpha value is -3.35. The number of carbonyl (C=O) groups excluding carboxylic acids is 2. The number of aliphatic carboxylic acids is 1. The first kappa shape index (κ1) is 21.0. The second-order valence-corrected chi connectivity index (χ2v) is 6.23. The predicted molar refractivity (Wildman–Crippen MR) is 109 cm³/mol. The summed E-state index contributed by atoms with van der Waals surface area (Å²) in [5.74, 6) is -0.949. The van der Waals surface area contributed by atoms with Crippen LogP contribution in [0.4, 0.5) is 16.2 Å². The predicted octanol–water partition coefficient (Wildman–Crippen LogP) is 3.83. The van der Waals surface area contributed by atoms with Gasteiger partial charge in [-0.2, -0.15) is 0 Å². The molecule has 0 radical (unpaired) electrons. The van der Waals surface area contributed by atoms with Crippen molar-refractivity contribution in [3.05, 3.63) is 59.7 Å². The van der Waals surface area contributed by atoms with Crippen molar-refractivity contribution >= 4 is 29.3 Å². The van der Waals surface area contributed by atoms with E-state index in [1.807, 2.05) is 19.9 Å². The van der Waals surface area contributed by atoms with E-state index in [1.54, 1.807) is 47.4 Å². The van der Waals surface area contributed by atoms with Crippen molar-refractivity contribution < 1.29 is 19.5 Å². The van der Waals surface area contributed by atoms with Gasteiger partial charge in [0.2, 0.25) is 0 Å². The second kappa shape index (κ2) is 10.1. The zero-order valence-corrected chi connectivity index (χ0v) is 16.1. The number of nitrogens with one attached hydrogen (secondary N) is 2. The maximum absolute atomic E-state index is 12.4. The molecule has 0 aliphatic heterocycles. The second-order valence-electron chi connectivity index (χ2n) is 6.23. The summed E-state index contributed by atoms with van der Waals surface area (Å²) in [4.78, 5) is 37.1. The summed E-state index contributed by atoms with van der Waals surface area (Å²) in [5, 5.41) is 14.2. The highest BCUT2D eigenvalue weighted by Gasteiger charge is 2.13. The molecule has 2 aromatic rings. The minimum Gasteiger partial charge on any atom is -0.481 e. The molecule has 2 aromatic carbocycles. The van der Waals surface area contributed by atoms with Crippen molar-refractivity contribution in [2.24, 2.45) is 0 Å². The van der Waals surface area contributed by atoms with E-state index in [-0.39, 0.29) is 12.3 Å². The van der Waals surface area contributed by atoms with E-state index >= 15 is 0 Å². The van der Waals surface area contributed by atoms with Crippen LogP contribution in [0.15, 0.2) is 48.5 Å². The van der Waals surface area contributed by atoms with Crippen molar-refractivity contribution in [1.82, 2.24) is 4.90 Å². The number of urea groups is 1. The first-order chi connectivity index (χ1) is 13.4. The van der Waals surface area contributed by atoms with Crippen LogP contribution in [0.1, 0.15) is 36.2 Å². The van der Waals surface area contributed by atoms with E-state index < -0.39 is 12.0 Å². The Labute approximate surface area is 164 Å². The van der Waals surface area contributed by atoms with E-state index in [4.69, 9.17) is 5.11 Å². The molecule has 0 fully saturated rings. The van der Waals surface area contributed by atoms with Crippen molar-refractivity contribution in [2.45, 2.75) is 26.7 Å². The third-order valence-electron chi connectivity index (χ3n) is 4.23. The van der Waals surface area contributed by atoms with Crippen molar-refractivity contribution in [2.75, 3.05) is 23.7 Å². The van der Waals surface area contributed by atoms with Crippen molar-refractivity contribution in [3.63, 3.8) is 0 Å². The first-order valence-electron chi connectivity index (χ1n) is 9.21. The molecule has 7 heteroatoms. The van der Waals surface area contributed by atoms with Gasteiger partial charge in [0.25, 0.3) is 5.91 Å². The number of rotatable bonds is 8. The number of benzene rings is 2. The molecule has 2 rings (SSSR count). The lowest BCUT2D eigenvalue weighted by atomic mass is 10.1. The molecule has 3 N–H and O–H groups in total. The Bertz CT molecular complexity index is 847. The van der Waals surface area contributed by atoms with Crippen LogP contribution in [0.2, 0.25) is 0 Å². The largest absolute Gasteiger partial charge is 0.481 e. The van der Waals surface area contributed by atoms with Gasteiger partial charge >= 0.3 is 12.0 Å². The van der Waals surface area contributed by atoms with E-state index in [9.17, 15) is 14.4 Å². The highest BCUT2D eigenvalue weighted by Crippen LogP contribution is 2.15. The number of aryl methyl sites for hydroxylation is 1. The minimum atomic E-state index is -0.866. The Morgan fingerprint density at radius 2 is 1.54 bits per heavy atom. The third kappa shape index (κ3) is 6.12. The summed E-state index contributed by atoms with van der Waals surface area (Å²) in [6.45, 7) is 5.07. The lowest BCUT2D eigenvalue weighted by Crippen LogP contribution is -2.30. The van der Waals surface area contributed by atoms with Gasteiger partial charge in [0.05, 0.1) is 0 Å². The molecule has 0 bridgehead atoms. The molecular formula is C21H25N3O4. The number of carboxylic acid groups (broad SMARTS) is 1. The van der Waals surface area contributed by atoms with Gasteiger partial charge in [-0.15, -0.1) is 0 Å². The minimum absolute atomic E-state index is 0.0308. The van der Waals surface area contributed by atoms with Crippen LogP contribution >= 0.6 is 0 Å². The fourth-order valence-electron chi connectivity index (χ4n) is 2.77. The molecule has 0 atom stereocenters. The van der Waals surface area contributed by atoms with Crippen molar-refractivity contribution in [3.8, 4) is 0 Å². The van der Waals surface area contributed by atoms with Gasteiger partial charge in [-0.3, -0.25) is 9.59 Å². The van der Waals surface area contributed by atoms with Crippen LogP contribution in [0, 0.1) is 0 Å². The number of anilines is 2. The number of hydrogen-bond acceptors (Lipinski definition) is 3. The normalized spacial score (nSPS) is 10.2. The maximum Gasteiger partial charge on any atom is 0.323 e. The lowest BCUT2D eigenvalue weighted by Gasteiger charge is -2.19. The first-order valence-corrected chi connectivity index (χ1v) is 9.21. The zero-order valence-electron chi connectivity index (χ0n) is 16.1. The molecule has 7 nitrogen and oxygen atoms in total. The standard InChI is InChI=1S/C21H25N3O4/c1-3-24(4-2)20(27)16-8-6-10-18(14-16)23-21(28)22-17-9-5-7-15(13-17)11-12-19(25)26/h5-10,13-14H,3-4,11-12H2,1-2H3,(H,25,26)(H2,22,23,28). The average molecular weight is 383 g/mol. The SMILES string of the molecule is CCN(CC)C(=O)c1cccc(NC(=O)Nc2cccc(CCC(=O)O)c2)c1. The number of nitrogens with zero attached hydrogens (tertiary/aromatic N) is 1. The number of carboxylic acids is 1. The molecule has 0 heterocycles. The van der Waals surface area contributed by atoms with E-state index in [1.165, 1.54) is 0 Å². The molecule has 0 aliphatic carbocycles. The molecule has 3 amide bonds. The smallest absolute Gasteiger partial charge is 0.323 e. The average Bonchev–Trinajstić information content (AvgIpc) is 2.67. The van der Waals surface area contributed by atoms with Gasteiger partial charge < -0.3 is 20.6 Å². The van der Waals surface area contributed by atoms with Gasteiger partial charge in [-0.05, 0) is 56.2 Å². The molecule has 0 saturated carbocycles. The van der Waals surface area contributed by atoms with Crippen LogP contribution in [0.3, 0.4) is 0 Å². The molecular weight excluding hydrogens is 358 g/mol. The Morgan fingerprint density at radius 3 is 2.14 bits per heavy atom. The van der Waals surface area contributed by atoms with Gasteiger partial charge in [-0.1, -0.05) is 18.2 Å².